The van der Waals surface area contributed by atoms with E-state index in [2.05, 4.69) is 10.2 Å². The second kappa shape index (κ2) is 7.76. The minimum atomic E-state index is -1.22. The van der Waals surface area contributed by atoms with Crippen LogP contribution in [0.5, 0.6) is 0 Å². The Labute approximate surface area is 104 Å². The molecule has 0 aliphatic heterocycles. The van der Waals surface area contributed by atoms with Gasteiger partial charge in [0.2, 0.25) is 0 Å². The minimum absolute atomic E-state index is 0.361. The fourth-order valence-electron chi connectivity index (χ4n) is 0.857. The molecule has 0 aliphatic rings. The molecule has 1 aromatic carbocycles. The number of rotatable bonds is 6. The summed E-state index contributed by atoms with van der Waals surface area (Å²) in [6, 6.07) is 11.3. The molecule has 5 nitrogen and oxygen atoms in total. The Hall–Kier alpha value is -1.48. The standard InChI is InChI=1S/C7H8N.C3HN2O2.Sn/c1-8-7-5-3-2-4-6-7;4-1-3(2-5)7-6;/h2-6,8H,1H2;6H;/q;-1;+1/p-1. The summed E-state index contributed by atoms with van der Waals surface area (Å²) >= 11 is -1.22. The summed E-state index contributed by atoms with van der Waals surface area (Å²) in [5.74, 6) is 1.21. The molecular weight excluding hydrogens is 313 g/mol. The zero-order valence-electron chi connectivity index (χ0n) is 8.30. The number of hydrogen-bond donors (Lipinski definition) is 1. The zero-order chi connectivity index (χ0) is 11.6. The molecule has 0 fully saturated rings. The second-order valence-corrected chi connectivity index (χ2v) is 4.89. The van der Waals surface area contributed by atoms with Gasteiger partial charge in [-0.1, -0.05) is 0 Å². The van der Waals surface area contributed by atoms with Gasteiger partial charge in [0, 0.05) is 0 Å². The van der Waals surface area contributed by atoms with Crippen LogP contribution < -0.4 is 5.32 Å². The summed E-state index contributed by atoms with van der Waals surface area (Å²) in [6.07, 6.45) is 0. The van der Waals surface area contributed by atoms with Crippen LogP contribution in [0.1, 0.15) is 0 Å². The third kappa shape index (κ3) is 4.84. The van der Waals surface area contributed by atoms with Gasteiger partial charge < -0.3 is 0 Å². The Bertz CT molecular complexity index is 410. The van der Waals surface area contributed by atoms with E-state index in [-0.39, 0.29) is 5.76 Å². The first kappa shape index (κ1) is 12.6. The summed E-state index contributed by atoms with van der Waals surface area (Å²) < 4.78 is 5.52. The Morgan fingerprint density at radius 2 is 2.19 bits per heavy atom. The predicted molar refractivity (Wildman–Crippen MR) is 60.3 cm³/mol. The van der Waals surface area contributed by atoms with Gasteiger partial charge in [-0.05, 0) is 0 Å². The monoisotopic (exact) mass is 322 g/mol. The number of benzene rings is 1. The quantitative estimate of drug-likeness (QED) is 0.163. The average molecular weight is 321 g/mol. The van der Waals surface area contributed by atoms with E-state index in [0.29, 0.717) is 4.56 Å². The van der Waals surface area contributed by atoms with E-state index >= 15 is 0 Å². The summed E-state index contributed by atoms with van der Waals surface area (Å²) in [5.41, 5.74) is 1.01. The number of nitrogens with one attached hydrogen (secondary N) is 1. The number of anilines is 1. The average Bonchev–Trinajstić information content (AvgIpc) is 2.35. The fraction of sp³-hybridized carbons (Fsp3) is 0.100. The van der Waals surface area contributed by atoms with Crippen LogP contribution in [0.3, 0.4) is 0 Å². The number of para-hydroxylation sites is 1. The van der Waals surface area contributed by atoms with Crippen LogP contribution in [0.25, 0.3) is 5.41 Å². The van der Waals surface area contributed by atoms with Gasteiger partial charge in [0.25, 0.3) is 0 Å². The van der Waals surface area contributed by atoms with Gasteiger partial charge in [-0.3, -0.25) is 0 Å². The van der Waals surface area contributed by atoms with Crippen molar-refractivity contribution < 1.29 is 8.11 Å². The Morgan fingerprint density at radius 1 is 1.44 bits per heavy atom. The number of allylic oxidation sites excluding steroid dienone is 1. The summed E-state index contributed by atoms with van der Waals surface area (Å²) in [5, 5.41) is 19.8. The van der Waals surface area contributed by atoms with Crippen molar-refractivity contribution in [3.8, 4) is 6.07 Å². The van der Waals surface area contributed by atoms with Crippen LogP contribution in [0.4, 0.5) is 5.69 Å². The van der Waals surface area contributed by atoms with E-state index in [1.165, 1.54) is 0 Å². The van der Waals surface area contributed by atoms with Crippen molar-refractivity contribution in [2.75, 3.05) is 9.88 Å². The molecule has 0 saturated carbocycles. The van der Waals surface area contributed by atoms with Crippen LogP contribution in [0, 0.1) is 11.3 Å². The third-order valence-electron chi connectivity index (χ3n) is 1.53. The van der Waals surface area contributed by atoms with E-state index in [1.807, 2.05) is 30.3 Å². The number of nitrogens with zero attached hydrogens (tertiary/aromatic N) is 2. The van der Waals surface area contributed by atoms with Crippen molar-refractivity contribution in [1.29, 1.82) is 5.26 Å². The second-order valence-electron chi connectivity index (χ2n) is 2.58. The molecule has 80 valence electrons. The first-order valence-corrected chi connectivity index (χ1v) is 7.57. The molecule has 0 atom stereocenters. The molecule has 0 aliphatic carbocycles. The van der Waals surface area contributed by atoms with Crippen molar-refractivity contribution in [2.24, 2.45) is 0 Å². The first-order valence-electron chi connectivity index (χ1n) is 4.39. The fourth-order valence-corrected chi connectivity index (χ4v) is 2.22. The summed E-state index contributed by atoms with van der Waals surface area (Å²) in [4.78, 5) is 4.51. The molecular formula is C10H8N3O2Sn-. The Kier molecular flexibility index (Phi) is 6.11. The molecule has 6 heteroatoms. The zero-order valence-corrected chi connectivity index (χ0v) is 11.2. The normalized spacial score (nSPS) is 8.69. The van der Waals surface area contributed by atoms with E-state index in [9.17, 15) is 0 Å². The van der Waals surface area contributed by atoms with Gasteiger partial charge in [0.1, 0.15) is 0 Å². The maximum atomic E-state index is 8.35. The van der Waals surface area contributed by atoms with Crippen molar-refractivity contribution >= 4 is 33.1 Å². The topological polar surface area (TPSA) is 76.6 Å². The van der Waals surface area contributed by atoms with Gasteiger partial charge in [-0.15, -0.1) is 0 Å². The molecule has 1 N–H and O–H groups in total. The van der Waals surface area contributed by atoms with Crippen LogP contribution in [-0.2, 0) is 8.11 Å². The molecule has 0 amide bonds. The molecule has 0 heterocycles. The summed E-state index contributed by atoms with van der Waals surface area (Å²) in [6.45, 7) is 0. The molecule has 0 unspecified atom stereocenters. The Morgan fingerprint density at radius 3 is 2.81 bits per heavy atom. The summed E-state index contributed by atoms with van der Waals surface area (Å²) in [7, 11) is 0. The van der Waals surface area contributed by atoms with Crippen LogP contribution >= 0.6 is 0 Å². The molecule has 1 rings (SSSR count). The van der Waals surface area contributed by atoms with Gasteiger partial charge in [0.05, 0.1) is 0 Å². The first-order chi connectivity index (χ1) is 7.86. The number of nitriles is 1. The van der Waals surface area contributed by atoms with Gasteiger partial charge in [0.15, 0.2) is 0 Å². The van der Waals surface area contributed by atoms with Crippen LogP contribution in [0.2, 0.25) is 0 Å². The third-order valence-corrected chi connectivity index (χ3v) is 3.02. The van der Waals surface area contributed by atoms with E-state index < -0.39 is 21.6 Å². The van der Waals surface area contributed by atoms with Crippen molar-refractivity contribution in [3.05, 3.63) is 41.5 Å². The van der Waals surface area contributed by atoms with E-state index in [1.54, 1.807) is 11.9 Å². The van der Waals surface area contributed by atoms with Crippen molar-refractivity contribution in [3.63, 3.8) is 0 Å². The van der Waals surface area contributed by atoms with Gasteiger partial charge in [-0.25, -0.2) is 0 Å². The van der Waals surface area contributed by atoms with Crippen molar-refractivity contribution in [1.82, 2.24) is 0 Å². The van der Waals surface area contributed by atoms with Crippen molar-refractivity contribution in [2.45, 2.75) is 0 Å². The van der Waals surface area contributed by atoms with Crippen LogP contribution in [-0.4, -0.2) is 32.0 Å². The Balaban J connectivity index is 2.14. The molecule has 0 aromatic heterocycles. The molecule has 0 bridgehead atoms. The molecule has 16 heavy (non-hydrogen) atoms. The van der Waals surface area contributed by atoms with Crippen LogP contribution in [0.15, 0.2) is 36.1 Å². The maximum absolute atomic E-state index is 8.35. The number of hydrogen-bond acceptors (Lipinski definition) is 4. The predicted octanol–water partition coefficient (Wildman–Crippen LogP) is 1.27. The molecule has 0 saturated heterocycles. The molecule has 1 aromatic rings. The molecule has 0 spiro atoms. The molecule has 2 radical (unpaired) electrons. The van der Waals surface area contributed by atoms with Gasteiger partial charge >= 0.3 is 104 Å². The SMILES string of the molecule is N#CC(=C=[N-])O[O][Sn][CH2]Nc1ccccc1. The van der Waals surface area contributed by atoms with E-state index in [0.717, 1.165) is 5.69 Å². The van der Waals surface area contributed by atoms with E-state index in [4.69, 9.17) is 13.9 Å². The van der Waals surface area contributed by atoms with Gasteiger partial charge in [-0.2, -0.15) is 0 Å².